The summed E-state index contributed by atoms with van der Waals surface area (Å²) >= 11 is 1.37. The minimum atomic E-state index is -0.0174. The number of carbonyl (C=O) groups excluding carboxylic acids is 1. The van der Waals surface area contributed by atoms with E-state index in [1.807, 2.05) is 12.1 Å². The SMILES string of the molecule is CCc1ccc(/C=N/N=C2/NC(=O)CS2)cc1. The Balaban J connectivity index is 1.98. The van der Waals surface area contributed by atoms with Gasteiger partial charge in [0.15, 0.2) is 5.17 Å². The van der Waals surface area contributed by atoms with Gasteiger partial charge in [0.05, 0.1) is 12.0 Å². The van der Waals surface area contributed by atoms with E-state index in [0.717, 1.165) is 12.0 Å². The van der Waals surface area contributed by atoms with Crippen LogP contribution < -0.4 is 5.32 Å². The third-order valence-corrected chi connectivity index (χ3v) is 3.19. The van der Waals surface area contributed by atoms with Gasteiger partial charge in [-0.3, -0.25) is 4.79 Å². The van der Waals surface area contributed by atoms with Crippen LogP contribution in [0, 0.1) is 0 Å². The predicted molar refractivity (Wildman–Crippen MR) is 71.4 cm³/mol. The Morgan fingerprint density at radius 3 is 2.76 bits per heavy atom. The lowest BCUT2D eigenvalue weighted by Gasteiger charge is -1.96. The number of aryl methyl sites for hydroxylation is 1. The molecule has 1 fully saturated rings. The zero-order chi connectivity index (χ0) is 12.1. The molecular weight excluding hydrogens is 234 g/mol. The van der Waals surface area contributed by atoms with Gasteiger partial charge in [-0.15, -0.1) is 5.10 Å². The van der Waals surface area contributed by atoms with E-state index in [4.69, 9.17) is 0 Å². The molecule has 0 aromatic heterocycles. The monoisotopic (exact) mass is 247 g/mol. The minimum Gasteiger partial charge on any atom is -0.303 e. The quantitative estimate of drug-likeness (QED) is 0.654. The maximum atomic E-state index is 10.9. The summed E-state index contributed by atoms with van der Waals surface area (Å²) in [5.41, 5.74) is 2.30. The maximum Gasteiger partial charge on any atom is 0.236 e. The Hall–Kier alpha value is -1.62. The van der Waals surface area contributed by atoms with E-state index >= 15 is 0 Å². The third kappa shape index (κ3) is 3.42. The number of thioether (sulfide) groups is 1. The molecule has 0 radical (unpaired) electrons. The maximum absolute atomic E-state index is 10.9. The van der Waals surface area contributed by atoms with Gasteiger partial charge in [-0.1, -0.05) is 43.0 Å². The van der Waals surface area contributed by atoms with E-state index in [2.05, 4.69) is 34.6 Å². The number of amidine groups is 1. The van der Waals surface area contributed by atoms with Crippen molar-refractivity contribution in [1.29, 1.82) is 0 Å². The van der Waals surface area contributed by atoms with Crippen molar-refractivity contribution in [3.05, 3.63) is 35.4 Å². The first kappa shape index (κ1) is 11.9. The van der Waals surface area contributed by atoms with Crippen LogP contribution in [0.15, 0.2) is 34.5 Å². The van der Waals surface area contributed by atoms with Crippen molar-refractivity contribution in [1.82, 2.24) is 5.32 Å². The molecule has 0 unspecified atom stereocenters. The molecule has 1 aliphatic heterocycles. The highest BCUT2D eigenvalue weighted by Gasteiger charge is 2.15. The molecule has 88 valence electrons. The van der Waals surface area contributed by atoms with Crippen LogP contribution in [0.2, 0.25) is 0 Å². The molecule has 4 nitrogen and oxygen atoms in total. The zero-order valence-electron chi connectivity index (χ0n) is 9.51. The summed E-state index contributed by atoms with van der Waals surface area (Å²) in [7, 11) is 0. The van der Waals surface area contributed by atoms with Gasteiger partial charge in [-0.2, -0.15) is 5.10 Å². The number of benzene rings is 1. The number of nitrogens with one attached hydrogen (secondary N) is 1. The molecule has 1 aliphatic rings. The zero-order valence-corrected chi connectivity index (χ0v) is 10.3. The molecule has 1 aromatic rings. The van der Waals surface area contributed by atoms with Crippen molar-refractivity contribution in [2.75, 3.05) is 5.75 Å². The second-order valence-corrected chi connectivity index (χ2v) is 4.55. The lowest BCUT2D eigenvalue weighted by Crippen LogP contribution is -2.19. The van der Waals surface area contributed by atoms with E-state index in [-0.39, 0.29) is 5.91 Å². The van der Waals surface area contributed by atoms with Gasteiger partial charge in [0.2, 0.25) is 5.91 Å². The van der Waals surface area contributed by atoms with Crippen molar-refractivity contribution in [3.63, 3.8) is 0 Å². The van der Waals surface area contributed by atoms with Crippen LogP contribution in [0.4, 0.5) is 0 Å². The van der Waals surface area contributed by atoms with Crippen molar-refractivity contribution >= 4 is 29.1 Å². The Labute approximate surface area is 104 Å². The third-order valence-electron chi connectivity index (χ3n) is 2.33. The number of nitrogens with zero attached hydrogens (tertiary/aromatic N) is 2. The molecular formula is C12H13N3OS. The van der Waals surface area contributed by atoms with Gasteiger partial charge in [0.25, 0.3) is 0 Å². The summed E-state index contributed by atoms with van der Waals surface area (Å²) in [5.74, 6) is 0.413. The molecule has 1 aromatic carbocycles. The second-order valence-electron chi connectivity index (χ2n) is 3.58. The summed E-state index contributed by atoms with van der Waals surface area (Å²) in [6.07, 6.45) is 2.71. The summed E-state index contributed by atoms with van der Waals surface area (Å²) in [6.45, 7) is 2.12. The van der Waals surface area contributed by atoms with Crippen LogP contribution in [-0.2, 0) is 11.2 Å². The summed E-state index contributed by atoms with van der Waals surface area (Å²) < 4.78 is 0. The van der Waals surface area contributed by atoms with Crippen molar-refractivity contribution in [2.45, 2.75) is 13.3 Å². The number of rotatable bonds is 3. The van der Waals surface area contributed by atoms with Gasteiger partial charge in [-0.05, 0) is 17.5 Å². The fraction of sp³-hybridized carbons (Fsp3) is 0.250. The van der Waals surface area contributed by atoms with Crippen LogP contribution in [0.3, 0.4) is 0 Å². The minimum absolute atomic E-state index is 0.0174. The van der Waals surface area contributed by atoms with E-state index < -0.39 is 0 Å². The molecule has 17 heavy (non-hydrogen) atoms. The lowest BCUT2D eigenvalue weighted by molar-refractivity contribution is -0.116. The molecule has 0 bridgehead atoms. The molecule has 2 rings (SSSR count). The highest BCUT2D eigenvalue weighted by molar-refractivity contribution is 8.15. The first-order chi connectivity index (χ1) is 8.28. The van der Waals surface area contributed by atoms with E-state index in [0.29, 0.717) is 10.9 Å². The molecule has 1 amide bonds. The normalized spacial score (nSPS) is 17.9. The van der Waals surface area contributed by atoms with Gasteiger partial charge in [0, 0.05) is 0 Å². The van der Waals surface area contributed by atoms with Gasteiger partial charge in [0.1, 0.15) is 0 Å². The lowest BCUT2D eigenvalue weighted by atomic mass is 10.1. The smallest absolute Gasteiger partial charge is 0.236 e. The van der Waals surface area contributed by atoms with Gasteiger partial charge < -0.3 is 5.32 Å². The number of amides is 1. The fourth-order valence-corrected chi connectivity index (χ4v) is 2.00. The molecule has 0 atom stereocenters. The number of carbonyl (C=O) groups is 1. The van der Waals surface area contributed by atoms with E-state index in [1.165, 1.54) is 17.3 Å². The largest absolute Gasteiger partial charge is 0.303 e. The molecule has 5 heteroatoms. The average Bonchev–Trinajstić information content (AvgIpc) is 2.76. The van der Waals surface area contributed by atoms with Crippen LogP contribution in [0.5, 0.6) is 0 Å². The number of hydrogen-bond acceptors (Lipinski definition) is 4. The van der Waals surface area contributed by atoms with Gasteiger partial charge >= 0.3 is 0 Å². The van der Waals surface area contributed by atoms with Crippen LogP contribution in [0.25, 0.3) is 0 Å². The Morgan fingerprint density at radius 2 is 2.18 bits per heavy atom. The molecule has 0 saturated carbocycles. The van der Waals surface area contributed by atoms with Crippen LogP contribution >= 0.6 is 11.8 Å². The Bertz CT molecular complexity index is 465. The predicted octanol–water partition coefficient (Wildman–Crippen LogP) is 1.80. The summed E-state index contributed by atoms with van der Waals surface area (Å²) in [4.78, 5) is 10.9. The van der Waals surface area contributed by atoms with Crippen LogP contribution in [0.1, 0.15) is 18.1 Å². The van der Waals surface area contributed by atoms with Crippen molar-refractivity contribution in [3.8, 4) is 0 Å². The standard InChI is InChI=1S/C12H13N3OS/c1-2-9-3-5-10(6-4-9)7-13-15-12-14-11(16)8-17-12/h3-7H,2,8H2,1H3,(H,14,15,16)/b13-7+. The first-order valence-electron chi connectivity index (χ1n) is 5.40. The molecule has 1 saturated heterocycles. The Morgan fingerprint density at radius 1 is 1.41 bits per heavy atom. The first-order valence-corrected chi connectivity index (χ1v) is 6.39. The molecule has 0 spiro atoms. The number of hydrogen-bond donors (Lipinski definition) is 1. The van der Waals surface area contributed by atoms with Crippen molar-refractivity contribution in [2.24, 2.45) is 10.2 Å². The molecule has 0 aliphatic carbocycles. The highest BCUT2D eigenvalue weighted by atomic mass is 32.2. The average molecular weight is 247 g/mol. The van der Waals surface area contributed by atoms with E-state index in [9.17, 15) is 4.79 Å². The van der Waals surface area contributed by atoms with Crippen LogP contribution in [-0.4, -0.2) is 23.0 Å². The summed E-state index contributed by atoms with van der Waals surface area (Å²) in [5, 5.41) is 11.1. The highest BCUT2D eigenvalue weighted by Crippen LogP contribution is 2.08. The second kappa shape index (κ2) is 5.63. The topological polar surface area (TPSA) is 53.8 Å². The molecule has 1 N–H and O–H groups in total. The van der Waals surface area contributed by atoms with Crippen molar-refractivity contribution < 1.29 is 4.79 Å². The van der Waals surface area contributed by atoms with Gasteiger partial charge in [-0.25, -0.2) is 0 Å². The Kier molecular flexibility index (Phi) is 3.93. The van der Waals surface area contributed by atoms with E-state index in [1.54, 1.807) is 6.21 Å². The fourth-order valence-electron chi connectivity index (χ4n) is 1.37. The molecule has 1 heterocycles. The summed E-state index contributed by atoms with van der Waals surface area (Å²) in [6, 6.07) is 8.15.